The van der Waals surface area contributed by atoms with Crippen molar-refractivity contribution in [3.8, 4) is 0 Å². The van der Waals surface area contributed by atoms with Crippen molar-refractivity contribution in [2.45, 2.75) is 289 Å². The number of fused-ring (bicyclic) bond motifs is 7. The predicted molar refractivity (Wildman–Crippen MR) is 319 cm³/mol. The van der Waals surface area contributed by atoms with Crippen LogP contribution in [0.3, 0.4) is 0 Å². The summed E-state index contributed by atoms with van der Waals surface area (Å²) in [5.74, 6) is -2.18. The molecule has 4 aliphatic heterocycles. The lowest BCUT2D eigenvalue weighted by Crippen LogP contribution is -2.70. The first-order chi connectivity index (χ1) is 42.6. The number of hydrogen-bond acceptors (Lipinski definition) is 25. The van der Waals surface area contributed by atoms with Gasteiger partial charge >= 0.3 is 17.9 Å². The largest absolute Gasteiger partial charge is 0.459 e. The summed E-state index contributed by atoms with van der Waals surface area (Å²) in [4.78, 5) is 40.0. The fourth-order valence-corrected chi connectivity index (χ4v) is 18.0. The van der Waals surface area contributed by atoms with Gasteiger partial charge < -0.3 is 108 Å². The summed E-state index contributed by atoms with van der Waals surface area (Å²) in [6.45, 7) is 24.4. The van der Waals surface area contributed by atoms with E-state index in [1.165, 1.54) is 19.4 Å². The molecule has 5 aliphatic carbocycles. The molecule has 9 aliphatic rings. The van der Waals surface area contributed by atoms with Gasteiger partial charge in [0.1, 0.15) is 85.5 Å². The van der Waals surface area contributed by atoms with Crippen molar-refractivity contribution in [1.82, 2.24) is 0 Å². The van der Waals surface area contributed by atoms with Crippen LogP contribution in [0.1, 0.15) is 148 Å². The van der Waals surface area contributed by atoms with Gasteiger partial charge in [-0.2, -0.15) is 0 Å². The quantitative estimate of drug-likeness (QED) is 0.0346. The molecular weight excluding hydrogens is 1190 g/mol. The average Bonchev–Trinajstić information content (AvgIpc) is 0.675. The molecule has 30 atom stereocenters. The standard InChI is InChI=1S/C66H104O25/c1-15-29(3)55(79)87-49-32(6)82-59(48(78)51(49)88-56(80)30(4)16-2)91-53-54(83-33(7)70)66(28-69)24-23-64(13)34(35(66)25-61(53,8)9)17-18-39-63(12)21-20-40(62(10,11)38(63)19-22-65(39,64)14)86-60-52(90-58-47(77)45(75)42(72)36(26-67)84-58)50(43(73)37(27-68)85-60)89-57-46(76)44(74)41(71)31(5)81-57/h15-17,31-32,35-54,57-60,67-69,71-78H,18-28H2,1-14H3/b29-15+,30-16-/t31-,32+,35?,36+,37+,38?,39?,40-,41-,42-,43+,44+,45-,46+,47+,48+,49-,50-,51+,52+,53-,54-,57-,58-,59-,60-,63-,64+,65+,66-/m0/s1. The average molecular weight is 1300 g/mol. The second-order valence-corrected chi connectivity index (χ2v) is 29.7. The molecule has 91 heavy (non-hydrogen) atoms. The fourth-order valence-electron chi connectivity index (χ4n) is 18.0. The Morgan fingerprint density at radius 1 is 0.549 bits per heavy atom. The van der Waals surface area contributed by atoms with E-state index >= 15 is 0 Å². The number of aliphatic hydroxyl groups excluding tert-OH is 11. The second-order valence-electron chi connectivity index (χ2n) is 29.7. The molecule has 0 aromatic carbocycles. The molecule has 0 spiro atoms. The zero-order chi connectivity index (χ0) is 67.2. The van der Waals surface area contributed by atoms with E-state index in [4.69, 9.17) is 52.1 Å². The Kier molecular flexibility index (Phi) is 21.4. The van der Waals surface area contributed by atoms with Gasteiger partial charge in [0, 0.05) is 23.5 Å². The zero-order valence-electron chi connectivity index (χ0n) is 55.2. The molecule has 25 heteroatoms. The maximum absolute atomic E-state index is 13.5. The molecule has 518 valence electrons. The normalized spacial score (nSPS) is 49.0. The Hall–Kier alpha value is -3.13. The second kappa shape index (κ2) is 27.1. The van der Waals surface area contributed by atoms with Crippen LogP contribution in [0.5, 0.6) is 0 Å². The number of allylic oxidation sites excluding steroid dienone is 4. The van der Waals surface area contributed by atoms with Crippen molar-refractivity contribution >= 4 is 17.9 Å². The van der Waals surface area contributed by atoms with Crippen molar-refractivity contribution in [3.05, 3.63) is 34.9 Å². The summed E-state index contributed by atoms with van der Waals surface area (Å²) in [5, 5.41) is 122. The molecule has 4 heterocycles. The number of carbonyl (C=O) groups is 3. The summed E-state index contributed by atoms with van der Waals surface area (Å²) in [6.07, 6.45) is -23.5. The SMILES string of the molecule is C/C=C(/C)C(=O)O[C@@H]1[C@@H](O)[C@H](O[C@H]2[C@H](OC(C)=O)[C@]3(CO)CC[C@]4(C)C(=CCC5[C@@]6(C)CC[C@H](O[C@@H]7O[C@H](CO)[C@@H](O)[C@H](O[C@@H]8O[C@@H](C)[C@H](O)[C@@H](O)[C@H]8O)[C@H]7O[C@@H]7O[C@H](CO)[C@H](O)[C@H](O)[C@H]7O)C(C)(C)C6CC[C@]54C)C3CC2(C)C)O[C@H](C)[C@@H]1OC(=O)/C(C)=C/C. The van der Waals surface area contributed by atoms with Gasteiger partial charge in [0.15, 0.2) is 37.4 Å². The molecule has 11 N–H and O–H groups in total. The Bertz CT molecular complexity index is 2700. The van der Waals surface area contributed by atoms with Gasteiger partial charge in [-0.05, 0) is 138 Å². The molecule has 4 saturated heterocycles. The van der Waals surface area contributed by atoms with Crippen LogP contribution < -0.4 is 0 Å². The summed E-state index contributed by atoms with van der Waals surface area (Å²) in [6, 6.07) is 0. The predicted octanol–water partition coefficient (Wildman–Crippen LogP) is 2.04. The summed E-state index contributed by atoms with van der Waals surface area (Å²) < 4.78 is 69.1. The summed E-state index contributed by atoms with van der Waals surface area (Å²) in [7, 11) is 0. The smallest absolute Gasteiger partial charge is 0.333 e. The highest BCUT2D eigenvalue weighted by atomic mass is 16.8. The van der Waals surface area contributed by atoms with Crippen LogP contribution in [0, 0.1) is 50.2 Å². The Morgan fingerprint density at radius 2 is 1.10 bits per heavy atom. The van der Waals surface area contributed by atoms with Crippen molar-refractivity contribution in [1.29, 1.82) is 0 Å². The summed E-state index contributed by atoms with van der Waals surface area (Å²) in [5.41, 5.74) is -1.81. The highest BCUT2D eigenvalue weighted by molar-refractivity contribution is 5.88. The van der Waals surface area contributed by atoms with E-state index in [-0.39, 0.29) is 40.8 Å². The van der Waals surface area contributed by atoms with Gasteiger partial charge in [-0.1, -0.05) is 72.3 Å². The third-order valence-corrected chi connectivity index (χ3v) is 23.9. The monoisotopic (exact) mass is 1300 g/mol. The van der Waals surface area contributed by atoms with Crippen molar-refractivity contribution in [2.75, 3.05) is 19.8 Å². The molecule has 0 aromatic heterocycles. The van der Waals surface area contributed by atoms with E-state index in [1.807, 2.05) is 13.8 Å². The van der Waals surface area contributed by atoms with Crippen LogP contribution in [0.15, 0.2) is 34.9 Å². The lowest BCUT2D eigenvalue weighted by molar-refractivity contribution is -0.398. The third-order valence-electron chi connectivity index (χ3n) is 23.9. The van der Waals surface area contributed by atoms with Crippen LogP contribution in [-0.2, 0) is 66.5 Å². The summed E-state index contributed by atoms with van der Waals surface area (Å²) >= 11 is 0. The van der Waals surface area contributed by atoms with E-state index in [2.05, 4.69) is 40.7 Å². The maximum Gasteiger partial charge on any atom is 0.333 e. The maximum atomic E-state index is 13.5. The minimum Gasteiger partial charge on any atom is -0.459 e. The minimum absolute atomic E-state index is 0.0187. The number of ether oxygens (including phenoxy) is 11. The van der Waals surface area contributed by atoms with Crippen LogP contribution in [-0.4, -0.2) is 235 Å². The Labute approximate surface area is 533 Å². The highest BCUT2D eigenvalue weighted by Crippen LogP contribution is 2.76. The van der Waals surface area contributed by atoms with E-state index < -0.39 is 194 Å². The first-order valence-corrected chi connectivity index (χ1v) is 32.6. The third kappa shape index (κ3) is 12.5. The number of hydrogen-bond donors (Lipinski definition) is 11. The number of esters is 3. The van der Waals surface area contributed by atoms with Gasteiger partial charge in [-0.3, -0.25) is 4.79 Å². The Balaban J connectivity index is 0.996. The number of aliphatic hydroxyl groups is 11. The van der Waals surface area contributed by atoms with Crippen LogP contribution in [0.4, 0.5) is 0 Å². The topological polar surface area (TPSA) is 375 Å². The van der Waals surface area contributed by atoms with Gasteiger partial charge in [0.2, 0.25) is 0 Å². The van der Waals surface area contributed by atoms with E-state index in [9.17, 15) is 70.6 Å². The first-order valence-electron chi connectivity index (χ1n) is 32.6. The molecular formula is C66H104O25. The van der Waals surface area contributed by atoms with Crippen molar-refractivity contribution in [3.63, 3.8) is 0 Å². The molecule has 0 amide bonds. The molecule has 0 aromatic rings. The van der Waals surface area contributed by atoms with E-state index in [1.54, 1.807) is 46.8 Å². The lowest BCUT2D eigenvalue weighted by atomic mass is 9.33. The zero-order valence-corrected chi connectivity index (χ0v) is 55.2. The van der Waals surface area contributed by atoms with Crippen LogP contribution in [0.2, 0.25) is 0 Å². The molecule has 0 radical (unpaired) electrons. The van der Waals surface area contributed by atoms with Gasteiger partial charge in [0.05, 0.1) is 38.1 Å². The molecule has 25 nitrogen and oxygen atoms in total. The van der Waals surface area contributed by atoms with Crippen LogP contribution in [0.25, 0.3) is 0 Å². The van der Waals surface area contributed by atoms with E-state index in [0.29, 0.717) is 44.1 Å². The van der Waals surface area contributed by atoms with E-state index in [0.717, 1.165) is 12.8 Å². The fraction of sp³-hybridized carbons (Fsp3) is 0.864. The molecule has 4 saturated carbocycles. The van der Waals surface area contributed by atoms with Crippen molar-refractivity contribution < 1.29 is 123 Å². The molecule has 9 rings (SSSR count). The molecule has 8 fully saturated rings. The van der Waals surface area contributed by atoms with Gasteiger partial charge in [0.25, 0.3) is 0 Å². The number of carbonyl (C=O) groups excluding carboxylic acids is 3. The molecule has 3 unspecified atom stereocenters. The van der Waals surface area contributed by atoms with Gasteiger partial charge in [-0.15, -0.1) is 0 Å². The minimum atomic E-state index is -1.92. The highest BCUT2D eigenvalue weighted by Gasteiger charge is 2.72. The van der Waals surface area contributed by atoms with Gasteiger partial charge in [-0.25, -0.2) is 9.59 Å². The number of rotatable bonds is 16. The first kappa shape index (κ1) is 72.1. The lowest BCUT2D eigenvalue weighted by Gasteiger charge is -2.72. The molecule has 0 bridgehead atoms. The van der Waals surface area contributed by atoms with Crippen molar-refractivity contribution in [2.24, 2.45) is 50.2 Å². The Morgan fingerprint density at radius 3 is 1.69 bits per heavy atom. The van der Waals surface area contributed by atoms with Crippen LogP contribution >= 0.6 is 0 Å².